The summed E-state index contributed by atoms with van der Waals surface area (Å²) in [6, 6.07) is 14.4. The Balaban J connectivity index is 1.30. The number of rotatable bonds is 11. The van der Waals surface area contributed by atoms with E-state index < -0.39 is 17.9 Å². The largest absolute Gasteiger partial charge is 0.480 e. The molecule has 7 heteroatoms. The van der Waals surface area contributed by atoms with Gasteiger partial charge in [-0.2, -0.15) is 11.8 Å². The van der Waals surface area contributed by atoms with Crippen LogP contribution in [0, 0.1) is 30.1 Å². The number of nitrogens with one attached hydrogen (secondary N) is 1. The number of carbonyl (C=O) groups is 3. The van der Waals surface area contributed by atoms with E-state index in [4.69, 9.17) is 0 Å². The third kappa shape index (κ3) is 6.12. The molecule has 4 saturated carbocycles. The normalized spacial score (nSPS) is 24.4. The molecule has 0 aliphatic heterocycles. The van der Waals surface area contributed by atoms with Gasteiger partial charge in [0.25, 0.3) is 5.91 Å². The first-order chi connectivity index (χ1) is 21.3. The number of hydrogen-bond acceptors (Lipinski definition) is 5. The molecule has 1 amide bonds. The number of carbonyl (C=O) groups excluding carboxylic acids is 2. The van der Waals surface area contributed by atoms with Crippen molar-refractivity contribution >= 4 is 41.6 Å². The van der Waals surface area contributed by atoms with Gasteiger partial charge in [0.05, 0.1) is 0 Å². The molecule has 1 atom stereocenters. The second-order valence-corrected chi connectivity index (χ2v) is 14.1. The molecule has 0 saturated heterocycles. The topological polar surface area (TPSA) is 96.4 Å². The third-order valence-electron chi connectivity index (χ3n) is 10.0. The number of nitrogens with zero attached hydrogens (tertiary/aromatic N) is 1. The Kier molecular flexibility index (Phi) is 8.77. The number of aromatic nitrogens is 1. The predicted octanol–water partition coefficient (Wildman–Crippen LogP) is 7.56. The van der Waals surface area contributed by atoms with Gasteiger partial charge < -0.3 is 10.4 Å². The van der Waals surface area contributed by atoms with Gasteiger partial charge in [-0.05, 0) is 122 Å². The highest BCUT2D eigenvalue weighted by Gasteiger charge is 2.54. The molecule has 2 aromatic carbocycles. The molecule has 7 rings (SSSR count). The minimum absolute atomic E-state index is 0.227. The standard InChI is InChI=1S/C37H40N2O4S/c1-23-5-3-4-6-29(23)32-18-24(8-10-31(32)35(41)39-33(36(42)43)12-14-44-2)7-9-28-22-38-13-11-30(28)34(40)37-19-25-15-26(20-37)17-27(16-25)21-37/h3-11,13,18,22,25-27,33H,12,14-17,19-21H2,1-2H3,(H,39,41)(H,42,43)/b9-7+. The number of aliphatic carboxylic acids is 1. The zero-order chi connectivity index (χ0) is 30.8. The van der Waals surface area contributed by atoms with Gasteiger partial charge >= 0.3 is 5.97 Å². The lowest BCUT2D eigenvalue weighted by atomic mass is 9.48. The van der Waals surface area contributed by atoms with E-state index in [-0.39, 0.29) is 11.2 Å². The molecule has 4 aliphatic rings. The Hall–Kier alpha value is -3.71. The molecule has 4 fully saturated rings. The second-order valence-electron chi connectivity index (χ2n) is 13.1. The van der Waals surface area contributed by atoms with Gasteiger partial charge in [0.1, 0.15) is 6.04 Å². The smallest absolute Gasteiger partial charge is 0.326 e. The first-order valence-electron chi connectivity index (χ1n) is 15.7. The summed E-state index contributed by atoms with van der Waals surface area (Å²) in [5, 5.41) is 12.4. The molecule has 1 aromatic heterocycles. The first kappa shape index (κ1) is 30.3. The number of amides is 1. The maximum atomic E-state index is 14.2. The number of ketones is 1. The van der Waals surface area contributed by atoms with Gasteiger partial charge in [-0.25, -0.2) is 4.79 Å². The minimum Gasteiger partial charge on any atom is -0.480 e. The molecule has 2 N–H and O–H groups in total. The van der Waals surface area contributed by atoms with Crippen LogP contribution in [0.25, 0.3) is 23.3 Å². The Bertz CT molecular complexity index is 1580. The van der Waals surface area contributed by atoms with Crippen molar-refractivity contribution in [3.05, 3.63) is 88.7 Å². The summed E-state index contributed by atoms with van der Waals surface area (Å²) in [6.45, 7) is 2.00. The summed E-state index contributed by atoms with van der Waals surface area (Å²) in [5.74, 6) is 1.53. The van der Waals surface area contributed by atoms with Gasteiger partial charge in [-0.15, -0.1) is 0 Å². The highest BCUT2D eigenvalue weighted by atomic mass is 32.2. The summed E-state index contributed by atoms with van der Waals surface area (Å²) in [6.07, 6.45) is 16.6. The number of benzene rings is 2. The summed E-state index contributed by atoms with van der Waals surface area (Å²) < 4.78 is 0. The van der Waals surface area contributed by atoms with Gasteiger partial charge in [-0.1, -0.05) is 42.5 Å². The molecule has 4 aliphatic carbocycles. The molecule has 1 heterocycles. The van der Waals surface area contributed by atoms with Crippen molar-refractivity contribution < 1.29 is 19.5 Å². The van der Waals surface area contributed by atoms with Crippen LogP contribution in [0.3, 0.4) is 0 Å². The number of aryl methyl sites for hydroxylation is 1. The SMILES string of the molecule is CSCCC(NC(=O)c1ccc(/C=C/c2cnccc2C(=O)C23CC4CC(CC(C4)C2)C3)cc1-c1ccccc1C)C(=O)O. The van der Waals surface area contributed by atoms with Crippen LogP contribution in [0.15, 0.2) is 60.9 Å². The Morgan fingerprint density at radius 3 is 2.34 bits per heavy atom. The summed E-state index contributed by atoms with van der Waals surface area (Å²) in [4.78, 5) is 43.8. The van der Waals surface area contributed by atoms with Crippen molar-refractivity contribution in [2.75, 3.05) is 12.0 Å². The van der Waals surface area contributed by atoms with E-state index in [1.54, 1.807) is 30.2 Å². The zero-order valence-electron chi connectivity index (χ0n) is 25.4. The molecular weight excluding hydrogens is 568 g/mol. The van der Waals surface area contributed by atoms with E-state index in [0.29, 0.717) is 35.5 Å². The van der Waals surface area contributed by atoms with E-state index in [9.17, 15) is 19.5 Å². The van der Waals surface area contributed by atoms with Crippen LogP contribution in [0.4, 0.5) is 0 Å². The lowest BCUT2D eigenvalue weighted by Crippen LogP contribution is -2.50. The summed E-state index contributed by atoms with van der Waals surface area (Å²) >= 11 is 1.55. The number of carboxylic acids is 1. The van der Waals surface area contributed by atoms with Crippen LogP contribution in [0.2, 0.25) is 0 Å². The highest BCUT2D eigenvalue weighted by molar-refractivity contribution is 7.98. The Labute approximate surface area is 263 Å². The van der Waals surface area contributed by atoms with Crippen LogP contribution in [0.1, 0.15) is 82.4 Å². The minimum atomic E-state index is -1.04. The Morgan fingerprint density at radius 2 is 1.68 bits per heavy atom. The van der Waals surface area contributed by atoms with Crippen molar-refractivity contribution in [2.24, 2.45) is 23.2 Å². The quantitative estimate of drug-likeness (QED) is 0.218. The Morgan fingerprint density at radius 1 is 0.977 bits per heavy atom. The van der Waals surface area contributed by atoms with E-state index in [2.05, 4.69) is 10.3 Å². The molecule has 228 valence electrons. The van der Waals surface area contributed by atoms with Gasteiger partial charge in [-0.3, -0.25) is 14.6 Å². The first-order valence-corrected chi connectivity index (χ1v) is 17.1. The monoisotopic (exact) mass is 608 g/mol. The zero-order valence-corrected chi connectivity index (χ0v) is 26.2. The van der Waals surface area contributed by atoms with Crippen LogP contribution in [0.5, 0.6) is 0 Å². The summed E-state index contributed by atoms with van der Waals surface area (Å²) in [5.41, 5.74) is 5.27. The fraction of sp³-hybridized carbons (Fsp3) is 0.405. The maximum absolute atomic E-state index is 14.2. The van der Waals surface area contributed by atoms with E-state index in [1.165, 1.54) is 19.3 Å². The number of hydrogen-bond donors (Lipinski definition) is 2. The van der Waals surface area contributed by atoms with Crippen molar-refractivity contribution in [2.45, 2.75) is 57.9 Å². The maximum Gasteiger partial charge on any atom is 0.326 e. The van der Waals surface area contributed by atoms with Gasteiger partial charge in [0, 0.05) is 34.5 Å². The third-order valence-corrected chi connectivity index (χ3v) is 10.7. The molecule has 3 aromatic rings. The predicted molar refractivity (Wildman–Crippen MR) is 177 cm³/mol. The van der Waals surface area contributed by atoms with Gasteiger partial charge in [0.2, 0.25) is 0 Å². The highest BCUT2D eigenvalue weighted by Crippen LogP contribution is 2.61. The molecule has 6 nitrogen and oxygen atoms in total. The van der Waals surface area contributed by atoms with Crippen LogP contribution in [-0.2, 0) is 4.79 Å². The lowest BCUT2D eigenvalue weighted by Gasteiger charge is -2.56. The van der Waals surface area contributed by atoms with Crippen LogP contribution in [-0.4, -0.2) is 45.8 Å². The van der Waals surface area contributed by atoms with Crippen LogP contribution < -0.4 is 5.32 Å². The molecule has 1 unspecified atom stereocenters. The average Bonchev–Trinajstić information content (AvgIpc) is 3.01. The molecular formula is C37H40N2O4S. The van der Waals surface area contributed by atoms with Crippen molar-refractivity contribution in [3.63, 3.8) is 0 Å². The number of thioether (sulfide) groups is 1. The molecule has 44 heavy (non-hydrogen) atoms. The number of carboxylic acid groups (broad SMARTS) is 1. The van der Waals surface area contributed by atoms with E-state index >= 15 is 0 Å². The number of pyridine rings is 1. The van der Waals surface area contributed by atoms with E-state index in [0.717, 1.165) is 52.6 Å². The number of Topliss-reactive ketones (excluding diaryl/α,β-unsaturated/α-hetero) is 1. The van der Waals surface area contributed by atoms with Gasteiger partial charge in [0.15, 0.2) is 5.78 Å². The van der Waals surface area contributed by atoms with Crippen LogP contribution >= 0.6 is 11.8 Å². The van der Waals surface area contributed by atoms with Crippen molar-refractivity contribution in [1.82, 2.24) is 10.3 Å². The fourth-order valence-electron chi connectivity index (χ4n) is 8.30. The lowest BCUT2D eigenvalue weighted by molar-refractivity contribution is -0.139. The summed E-state index contributed by atoms with van der Waals surface area (Å²) in [7, 11) is 0. The molecule has 0 spiro atoms. The average molecular weight is 609 g/mol. The second kappa shape index (κ2) is 12.7. The molecule has 0 radical (unpaired) electrons. The fourth-order valence-corrected chi connectivity index (χ4v) is 8.77. The van der Waals surface area contributed by atoms with E-state index in [1.807, 2.05) is 67.8 Å². The van der Waals surface area contributed by atoms with Crippen molar-refractivity contribution in [3.8, 4) is 11.1 Å². The van der Waals surface area contributed by atoms with Crippen molar-refractivity contribution in [1.29, 1.82) is 0 Å². The molecule has 4 bridgehead atoms.